The van der Waals surface area contributed by atoms with Gasteiger partial charge in [0.05, 0.1) is 0 Å². The van der Waals surface area contributed by atoms with Gasteiger partial charge in [0.2, 0.25) is 0 Å². The zero-order valence-electron chi connectivity index (χ0n) is 2.75. The molecule has 0 atom stereocenters. The number of hydrogen-bond acceptors (Lipinski definition) is 0. The smallest absolute Gasteiger partial charge is 2.00 e. The summed E-state index contributed by atoms with van der Waals surface area (Å²) in [4.78, 5) is 0. The van der Waals surface area contributed by atoms with Gasteiger partial charge in [0.25, 0.3) is 0 Å². The van der Waals surface area contributed by atoms with E-state index in [1.54, 1.807) is 0 Å². The van der Waals surface area contributed by atoms with Crippen molar-refractivity contribution in [3.8, 4) is 0 Å². The van der Waals surface area contributed by atoms with Crippen LogP contribution in [0.1, 0.15) is 0 Å². The predicted octanol–water partition coefficient (Wildman–Crippen LogP) is -0.480. The molecular weight excluding hydrogens is 313 g/mol. The van der Waals surface area contributed by atoms with E-state index in [1.807, 2.05) is 0 Å². The Hall–Kier alpha value is 1.15. The third-order valence-corrected chi connectivity index (χ3v) is 0. The van der Waals surface area contributed by atoms with Gasteiger partial charge in [-0.1, -0.05) is 0 Å². The van der Waals surface area contributed by atoms with Gasteiger partial charge in [-0.05, 0) is 0 Å². The van der Waals surface area contributed by atoms with E-state index in [9.17, 15) is 0 Å². The monoisotopic (exact) mass is 312 g/mol. The van der Waals surface area contributed by atoms with E-state index in [-0.39, 0.29) is 62.4 Å². The molecule has 0 N–H and O–H groups in total. The van der Waals surface area contributed by atoms with E-state index >= 15 is 0 Å². The average molecular weight is 313 g/mol. The topological polar surface area (TPSA) is 114 Å². The summed E-state index contributed by atoms with van der Waals surface area (Å²) in [5.41, 5.74) is 0. The van der Waals surface area contributed by atoms with Crippen LogP contribution in [0.3, 0.4) is 0 Å². The van der Waals surface area contributed by atoms with Crippen LogP contribution in [0.25, 0.3) is 0 Å². The predicted molar refractivity (Wildman–Crippen MR) is 2.75 cm³/mol. The Balaban J connectivity index is 0. The molecule has 0 aliphatic carbocycles. The second kappa shape index (κ2) is 123. The molecule has 6 heteroatoms. The minimum Gasteiger partial charge on any atom is -2.00 e. The maximum Gasteiger partial charge on any atom is 6.00 e. The van der Waals surface area contributed by atoms with Crippen LogP contribution in [0, 0.1) is 0 Å². The Morgan fingerprint density at radius 2 is 0.500 bits per heavy atom. The fourth-order valence-electron chi connectivity index (χ4n) is 0. The first kappa shape index (κ1) is 204. The van der Waals surface area contributed by atoms with Crippen molar-refractivity contribution < 1.29 is 62.4 Å². The zero-order valence-corrected chi connectivity index (χ0v) is 8.65. The summed E-state index contributed by atoms with van der Waals surface area (Å²) in [7, 11) is 0. The van der Waals surface area contributed by atoms with Gasteiger partial charge >= 0.3 is 40.5 Å². The van der Waals surface area contributed by atoms with E-state index < -0.39 is 0 Å². The van der Waals surface area contributed by atoms with Crippen LogP contribution in [0.4, 0.5) is 0 Å². The van der Waals surface area contributed by atoms with Crippen molar-refractivity contribution in [1.29, 1.82) is 0 Å². The van der Waals surface area contributed by atoms with Gasteiger partial charge in [-0.25, -0.2) is 0 Å². The third-order valence-electron chi connectivity index (χ3n) is 0. The second-order valence-corrected chi connectivity index (χ2v) is 0. The van der Waals surface area contributed by atoms with Crippen molar-refractivity contribution in [2.24, 2.45) is 0 Å². The van der Waals surface area contributed by atoms with E-state index in [2.05, 4.69) is 0 Å². The molecule has 0 heterocycles. The summed E-state index contributed by atoms with van der Waals surface area (Å²) in [6.45, 7) is 0. The van der Waals surface area contributed by atoms with E-state index in [0.717, 1.165) is 0 Å². The Kier molecular flexibility index (Phi) is 4190. The van der Waals surface area contributed by atoms with Gasteiger partial charge in [-0.15, -0.1) is 0 Å². The molecule has 6 heavy (non-hydrogen) atoms. The van der Waals surface area contributed by atoms with Gasteiger partial charge in [0.1, 0.15) is 0 Å². The van der Waals surface area contributed by atoms with E-state index in [0.29, 0.717) is 0 Å². The van der Waals surface area contributed by atoms with Crippen molar-refractivity contribution in [2.75, 3.05) is 0 Å². The summed E-state index contributed by atoms with van der Waals surface area (Å²) >= 11 is 0. The second-order valence-electron chi connectivity index (χ2n) is 0. The summed E-state index contributed by atoms with van der Waals surface area (Å²) in [6, 6.07) is 0. The summed E-state index contributed by atoms with van der Waals surface area (Å²) < 4.78 is 0. The summed E-state index contributed by atoms with van der Waals surface area (Å²) in [6.07, 6.45) is 0. The summed E-state index contributed by atoms with van der Waals surface area (Å²) in [5, 5.41) is 0. The summed E-state index contributed by atoms with van der Waals surface area (Å²) in [5.74, 6) is 0. The van der Waals surface area contributed by atoms with Gasteiger partial charge < -0.3 is 21.9 Å². The maximum absolute atomic E-state index is 0. The van der Waals surface area contributed by atoms with Crippen LogP contribution in [0.2, 0.25) is 0 Å². The molecule has 32 valence electrons. The minimum atomic E-state index is 0. The molecule has 0 aromatic heterocycles. The first-order valence-electron chi connectivity index (χ1n) is 0. The van der Waals surface area contributed by atoms with E-state index in [1.165, 1.54) is 0 Å². The Morgan fingerprint density at radius 1 is 0.500 bits per heavy atom. The van der Waals surface area contributed by atoms with Crippen molar-refractivity contribution in [1.82, 2.24) is 0 Å². The quantitative estimate of drug-likeness (QED) is 0.538. The number of rotatable bonds is 0. The van der Waals surface area contributed by atoms with Crippen molar-refractivity contribution in [3.05, 3.63) is 0 Å². The fourth-order valence-corrected chi connectivity index (χ4v) is 0. The Morgan fingerprint density at radius 3 is 0.500 bits per heavy atom. The molecule has 4 nitrogen and oxygen atoms in total. The van der Waals surface area contributed by atoms with Gasteiger partial charge in [0, 0.05) is 0 Å². The molecule has 0 radical (unpaired) electrons. The zero-order chi connectivity index (χ0) is 0. The molecule has 0 fully saturated rings. The molecule has 0 bridgehead atoms. The molecule has 0 spiro atoms. The standard InChI is InChI=1S/4O.W.Zn/q4*-2;+6;+2. The van der Waals surface area contributed by atoms with E-state index in [4.69, 9.17) is 0 Å². The van der Waals surface area contributed by atoms with Gasteiger partial charge in [-0.3, -0.25) is 0 Å². The van der Waals surface area contributed by atoms with Crippen molar-refractivity contribution >= 4 is 0 Å². The largest absolute Gasteiger partial charge is 6.00 e. The minimum absolute atomic E-state index is 0. The Labute approximate surface area is 62.6 Å². The van der Waals surface area contributed by atoms with Crippen LogP contribution in [0.15, 0.2) is 0 Å². The number of hydrogen-bond donors (Lipinski definition) is 0. The van der Waals surface area contributed by atoms with Crippen molar-refractivity contribution in [3.63, 3.8) is 0 Å². The molecule has 0 saturated carbocycles. The maximum atomic E-state index is 0. The van der Waals surface area contributed by atoms with Gasteiger partial charge in [-0.2, -0.15) is 0 Å². The first-order chi connectivity index (χ1) is 0. The molecule has 0 aliphatic rings. The Bertz CT molecular complexity index is 7.51. The molecule has 0 aromatic carbocycles. The average Bonchev–Trinajstić information content (AvgIpc) is 0. The molecular formula is O4WZn. The molecule has 0 aliphatic heterocycles. The van der Waals surface area contributed by atoms with Crippen LogP contribution >= 0.6 is 0 Å². The SMILES string of the molecule is [O-2].[O-2].[O-2].[O-2].[W+6].[Zn+2]. The first-order valence-corrected chi connectivity index (χ1v) is 0. The van der Waals surface area contributed by atoms with Crippen LogP contribution in [-0.2, 0) is 62.4 Å². The van der Waals surface area contributed by atoms with Crippen LogP contribution in [-0.4, -0.2) is 0 Å². The third kappa shape index (κ3) is 66.9. The molecule has 0 rings (SSSR count). The fraction of sp³-hybridized carbons (Fsp3) is 0. The molecule has 0 unspecified atom stereocenters. The van der Waals surface area contributed by atoms with Gasteiger partial charge in [0.15, 0.2) is 0 Å². The molecule has 0 aromatic rings. The van der Waals surface area contributed by atoms with Crippen LogP contribution < -0.4 is 0 Å². The van der Waals surface area contributed by atoms with Crippen molar-refractivity contribution in [2.45, 2.75) is 0 Å². The molecule has 0 saturated heterocycles. The normalized spacial score (nSPS) is 0. The van der Waals surface area contributed by atoms with Crippen LogP contribution in [0.5, 0.6) is 0 Å². The molecule has 0 amide bonds.